The molecule has 0 unspecified atom stereocenters. The molecular formula is C20H24BrN. The van der Waals surface area contributed by atoms with Crippen molar-refractivity contribution in [2.24, 2.45) is 0 Å². The molecule has 3 rings (SSSR count). The van der Waals surface area contributed by atoms with Crippen LogP contribution in [-0.4, -0.2) is 4.98 Å². The van der Waals surface area contributed by atoms with Crippen LogP contribution in [-0.2, 0) is 10.7 Å². The van der Waals surface area contributed by atoms with Crippen LogP contribution in [0.5, 0.6) is 0 Å². The standard InChI is InChI=1S/C20H24BrN/c1-20(2,3)16-11-15(13-21)19(14-7-6-8-14)17(12-16)18-9-4-5-10-22-18/h4-5,9-12,14H,6-8,13H2,1-3H3. The SMILES string of the molecule is CC(C)(C)c1cc(CBr)c(C2CCC2)c(-c2ccccn2)c1. The van der Waals surface area contributed by atoms with Crippen molar-refractivity contribution in [1.82, 2.24) is 4.98 Å². The fraction of sp³-hybridized carbons (Fsp3) is 0.450. The van der Waals surface area contributed by atoms with Gasteiger partial charge in [-0.1, -0.05) is 55.3 Å². The van der Waals surface area contributed by atoms with E-state index in [0.29, 0.717) is 5.92 Å². The van der Waals surface area contributed by atoms with Gasteiger partial charge in [-0.2, -0.15) is 0 Å². The lowest BCUT2D eigenvalue weighted by atomic mass is 9.73. The van der Waals surface area contributed by atoms with Gasteiger partial charge in [0.1, 0.15) is 0 Å². The van der Waals surface area contributed by atoms with E-state index in [1.807, 2.05) is 12.3 Å². The van der Waals surface area contributed by atoms with Crippen LogP contribution in [0, 0.1) is 0 Å². The van der Waals surface area contributed by atoms with E-state index < -0.39 is 0 Å². The van der Waals surface area contributed by atoms with Gasteiger partial charge >= 0.3 is 0 Å². The van der Waals surface area contributed by atoms with Crippen LogP contribution in [0.1, 0.15) is 62.6 Å². The van der Waals surface area contributed by atoms with Crippen molar-refractivity contribution in [2.75, 3.05) is 0 Å². The molecule has 1 fully saturated rings. The molecule has 0 aliphatic heterocycles. The van der Waals surface area contributed by atoms with Gasteiger partial charge in [-0.3, -0.25) is 4.98 Å². The average molecular weight is 358 g/mol. The molecule has 1 nitrogen and oxygen atoms in total. The Morgan fingerprint density at radius 1 is 1.18 bits per heavy atom. The zero-order valence-corrected chi connectivity index (χ0v) is 15.3. The first-order chi connectivity index (χ1) is 10.5. The highest BCUT2D eigenvalue weighted by Crippen LogP contribution is 2.44. The minimum Gasteiger partial charge on any atom is -0.256 e. The largest absolute Gasteiger partial charge is 0.256 e. The third kappa shape index (κ3) is 2.99. The topological polar surface area (TPSA) is 12.9 Å². The highest BCUT2D eigenvalue weighted by molar-refractivity contribution is 9.08. The van der Waals surface area contributed by atoms with E-state index in [2.05, 4.69) is 66.0 Å². The van der Waals surface area contributed by atoms with Crippen LogP contribution in [0.25, 0.3) is 11.3 Å². The summed E-state index contributed by atoms with van der Waals surface area (Å²) in [4.78, 5) is 4.63. The van der Waals surface area contributed by atoms with Crippen molar-refractivity contribution >= 4 is 15.9 Å². The molecule has 1 saturated carbocycles. The average Bonchev–Trinajstić information content (AvgIpc) is 2.45. The van der Waals surface area contributed by atoms with Gasteiger partial charge in [0, 0.05) is 17.1 Å². The van der Waals surface area contributed by atoms with Crippen LogP contribution in [0.2, 0.25) is 0 Å². The second kappa shape index (κ2) is 6.16. The summed E-state index contributed by atoms with van der Waals surface area (Å²) in [5.41, 5.74) is 6.96. The van der Waals surface area contributed by atoms with E-state index in [1.54, 1.807) is 0 Å². The van der Waals surface area contributed by atoms with Crippen LogP contribution in [0.15, 0.2) is 36.5 Å². The molecule has 1 aliphatic rings. The van der Waals surface area contributed by atoms with E-state index in [1.165, 1.54) is 41.5 Å². The Bertz CT molecular complexity index is 651. The van der Waals surface area contributed by atoms with E-state index in [9.17, 15) is 0 Å². The van der Waals surface area contributed by atoms with Gasteiger partial charge < -0.3 is 0 Å². The highest BCUT2D eigenvalue weighted by atomic mass is 79.9. The summed E-state index contributed by atoms with van der Waals surface area (Å²) in [7, 11) is 0. The zero-order chi connectivity index (χ0) is 15.7. The number of rotatable bonds is 3. The van der Waals surface area contributed by atoms with Gasteiger partial charge in [0.15, 0.2) is 0 Å². The molecule has 1 heterocycles. The Kier molecular flexibility index (Phi) is 4.40. The Balaban J connectivity index is 2.23. The van der Waals surface area contributed by atoms with Gasteiger partial charge in [-0.15, -0.1) is 0 Å². The van der Waals surface area contributed by atoms with Crippen molar-refractivity contribution in [3.63, 3.8) is 0 Å². The quantitative estimate of drug-likeness (QED) is 0.595. The first-order valence-electron chi connectivity index (χ1n) is 8.15. The Morgan fingerprint density at radius 2 is 1.95 bits per heavy atom. The number of alkyl halides is 1. The molecule has 2 heteroatoms. The number of hydrogen-bond acceptors (Lipinski definition) is 1. The van der Waals surface area contributed by atoms with Gasteiger partial charge in [-0.25, -0.2) is 0 Å². The summed E-state index contributed by atoms with van der Waals surface area (Å²) < 4.78 is 0. The summed E-state index contributed by atoms with van der Waals surface area (Å²) in [5.74, 6) is 0.707. The lowest BCUT2D eigenvalue weighted by molar-refractivity contribution is 0.418. The fourth-order valence-electron chi connectivity index (χ4n) is 3.17. The van der Waals surface area contributed by atoms with Crippen LogP contribution in [0.4, 0.5) is 0 Å². The lowest BCUT2D eigenvalue weighted by Crippen LogP contribution is -2.17. The maximum Gasteiger partial charge on any atom is 0.0705 e. The third-order valence-corrected chi connectivity index (χ3v) is 5.33. The van der Waals surface area contributed by atoms with Crippen LogP contribution in [0.3, 0.4) is 0 Å². The Labute approximate surface area is 142 Å². The van der Waals surface area contributed by atoms with E-state index in [4.69, 9.17) is 0 Å². The normalized spacial score (nSPS) is 15.6. The predicted molar refractivity (Wildman–Crippen MR) is 97.6 cm³/mol. The molecule has 0 radical (unpaired) electrons. The van der Waals surface area contributed by atoms with Crippen molar-refractivity contribution in [1.29, 1.82) is 0 Å². The minimum atomic E-state index is 0.151. The van der Waals surface area contributed by atoms with Gasteiger partial charge in [0.05, 0.1) is 5.69 Å². The first kappa shape index (κ1) is 15.7. The summed E-state index contributed by atoms with van der Waals surface area (Å²) in [6.07, 6.45) is 5.88. The van der Waals surface area contributed by atoms with Crippen molar-refractivity contribution < 1.29 is 0 Å². The highest BCUT2D eigenvalue weighted by Gasteiger charge is 2.27. The number of pyridine rings is 1. The molecule has 0 amide bonds. The molecule has 0 atom stereocenters. The minimum absolute atomic E-state index is 0.151. The van der Waals surface area contributed by atoms with Crippen molar-refractivity contribution in [3.8, 4) is 11.3 Å². The fourth-order valence-corrected chi connectivity index (χ4v) is 3.63. The molecule has 1 aromatic carbocycles. The van der Waals surface area contributed by atoms with Crippen molar-refractivity contribution in [2.45, 2.75) is 56.7 Å². The Hall–Kier alpha value is -1.15. The molecule has 0 bridgehead atoms. The van der Waals surface area contributed by atoms with Crippen LogP contribution >= 0.6 is 15.9 Å². The molecule has 1 aromatic heterocycles. The first-order valence-corrected chi connectivity index (χ1v) is 9.27. The van der Waals surface area contributed by atoms with Gasteiger partial charge in [-0.05, 0) is 59.1 Å². The summed E-state index contributed by atoms with van der Waals surface area (Å²) in [6, 6.07) is 11.0. The molecular weight excluding hydrogens is 334 g/mol. The smallest absolute Gasteiger partial charge is 0.0705 e. The number of hydrogen-bond donors (Lipinski definition) is 0. The van der Waals surface area contributed by atoms with Gasteiger partial charge in [0.25, 0.3) is 0 Å². The molecule has 1 aliphatic carbocycles. The maximum absolute atomic E-state index is 4.63. The number of nitrogens with zero attached hydrogens (tertiary/aromatic N) is 1. The second-order valence-corrected chi connectivity index (χ2v) is 7.88. The van der Waals surface area contributed by atoms with Gasteiger partial charge in [0.2, 0.25) is 0 Å². The molecule has 0 N–H and O–H groups in total. The predicted octanol–water partition coefficient (Wildman–Crippen LogP) is 6.21. The van der Waals surface area contributed by atoms with E-state index in [-0.39, 0.29) is 5.41 Å². The molecule has 116 valence electrons. The third-order valence-electron chi connectivity index (χ3n) is 4.73. The molecule has 22 heavy (non-hydrogen) atoms. The summed E-state index contributed by atoms with van der Waals surface area (Å²) in [6.45, 7) is 6.85. The molecule has 0 saturated heterocycles. The lowest BCUT2D eigenvalue weighted by Gasteiger charge is -2.32. The number of aromatic nitrogens is 1. The number of halogens is 1. The van der Waals surface area contributed by atoms with E-state index >= 15 is 0 Å². The van der Waals surface area contributed by atoms with E-state index in [0.717, 1.165) is 11.0 Å². The van der Waals surface area contributed by atoms with Crippen LogP contribution < -0.4 is 0 Å². The summed E-state index contributed by atoms with van der Waals surface area (Å²) in [5, 5.41) is 0.919. The second-order valence-electron chi connectivity index (χ2n) is 7.32. The van der Waals surface area contributed by atoms with Crippen molar-refractivity contribution in [3.05, 3.63) is 53.2 Å². The maximum atomic E-state index is 4.63. The summed E-state index contributed by atoms with van der Waals surface area (Å²) >= 11 is 3.72. The Morgan fingerprint density at radius 3 is 2.45 bits per heavy atom. The zero-order valence-electron chi connectivity index (χ0n) is 13.7. The molecule has 2 aromatic rings. The molecule has 0 spiro atoms. The number of benzene rings is 1. The monoisotopic (exact) mass is 357 g/mol.